The van der Waals surface area contributed by atoms with E-state index in [0.29, 0.717) is 17.2 Å². The summed E-state index contributed by atoms with van der Waals surface area (Å²) < 4.78 is 6.41. The third-order valence-corrected chi connectivity index (χ3v) is 3.43. The molecule has 0 saturated carbocycles. The van der Waals surface area contributed by atoms with Crippen molar-refractivity contribution in [3.8, 4) is 11.6 Å². The average molecular weight is 324 g/mol. The molecule has 0 fully saturated rings. The Bertz CT molecular complexity index is 926. The molecule has 7 heteroatoms. The number of carbonyl (C=O) groups is 1. The predicted octanol–water partition coefficient (Wildman–Crippen LogP) is 2.15. The van der Waals surface area contributed by atoms with E-state index in [1.165, 1.54) is 10.6 Å². The van der Waals surface area contributed by atoms with Crippen molar-refractivity contribution in [2.75, 3.05) is 5.32 Å². The molecule has 7 nitrogen and oxygen atoms in total. The second-order valence-electron chi connectivity index (χ2n) is 5.40. The van der Waals surface area contributed by atoms with Crippen LogP contribution in [0.1, 0.15) is 11.4 Å². The van der Waals surface area contributed by atoms with Gasteiger partial charge < -0.3 is 9.84 Å². The van der Waals surface area contributed by atoms with Gasteiger partial charge in [0.15, 0.2) is 5.82 Å². The van der Waals surface area contributed by atoms with Crippen LogP contribution in [0.4, 0.5) is 5.69 Å². The maximum absolute atomic E-state index is 12.3. The number of anilines is 1. The van der Waals surface area contributed by atoms with Crippen LogP contribution in [-0.4, -0.2) is 20.6 Å². The highest BCUT2D eigenvalue weighted by atomic mass is 16.5. The lowest BCUT2D eigenvalue weighted by molar-refractivity contribution is -0.116. The Morgan fingerprint density at radius 3 is 2.58 bits per heavy atom. The van der Waals surface area contributed by atoms with Crippen LogP contribution < -0.4 is 10.9 Å². The van der Waals surface area contributed by atoms with Crippen molar-refractivity contribution in [2.45, 2.75) is 20.4 Å². The van der Waals surface area contributed by atoms with Gasteiger partial charge in [0.05, 0.1) is 0 Å². The van der Waals surface area contributed by atoms with Crippen LogP contribution in [-0.2, 0) is 11.3 Å². The lowest BCUT2D eigenvalue weighted by atomic mass is 10.2. The maximum atomic E-state index is 12.3. The Kier molecular flexibility index (Phi) is 4.24. The number of nitrogens with zero attached hydrogens (tertiary/aromatic N) is 3. The first-order valence-corrected chi connectivity index (χ1v) is 7.40. The van der Waals surface area contributed by atoms with Crippen LogP contribution in [0.25, 0.3) is 11.6 Å². The number of hydrogen-bond acceptors (Lipinski definition) is 5. The lowest BCUT2D eigenvalue weighted by Gasteiger charge is -2.10. The molecule has 3 rings (SSSR count). The first kappa shape index (κ1) is 15.7. The second-order valence-corrected chi connectivity index (χ2v) is 5.40. The first-order valence-electron chi connectivity index (χ1n) is 7.40. The quantitative estimate of drug-likeness (QED) is 0.794. The summed E-state index contributed by atoms with van der Waals surface area (Å²) in [4.78, 5) is 28.5. The fourth-order valence-electron chi connectivity index (χ4n) is 2.25. The Labute approximate surface area is 137 Å². The molecule has 24 heavy (non-hydrogen) atoms. The molecule has 0 bridgehead atoms. The smallest absolute Gasteiger partial charge is 0.274 e. The zero-order valence-electron chi connectivity index (χ0n) is 13.3. The molecule has 0 atom stereocenters. The molecule has 2 heterocycles. The molecular weight excluding hydrogens is 308 g/mol. The Morgan fingerprint density at radius 1 is 1.17 bits per heavy atom. The van der Waals surface area contributed by atoms with Gasteiger partial charge in [-0.15, -0.1) is 0 Å². The molecule has 0 saturated heterocycles. The molecule has 3 aromatic rings. The highest BCUT2D eigenvalue weighted by Crippen LogP contribution is 2.15. The number of aryl methyl sites for hydroxylation is 2. The van der Waals surface area contributed by atoms with Crippen LogP contribution >= 0.6 is 0 Å². The standard InChI is InChI=1S/C17H16N4O3/c1-11-6-8-13(9-7-11)19-15(22)10-21-14(4-3-5-16(21)23)17-18-12(2)20-24-17/h3-9H,10H2,1-2H3,(H,19,22). The van der Waals surface area contributed by atoms with Gasteiger partial charge in [-0.05, 0) is 32.0 Å². The van der Waals surface area contributed by atoms with E-state index in [-0.39, 0.29) is 23.9 Å². The fraction of sp³-hybridized carbons (Fsp3) is 0.176. The number of nitrogens with one attached hydrogen (secondary N) is 1. The molecular formula is C17H16N4O3. The summed E-state index contributed by atoms with van der Waals surface area (Å²) in [7, 11) is 0. The number of hydrogen-bond donors (Lipinski definition) is 1. The molecule has 0 radical (unpaired) electrons. The van der Waals surface area contributed by atoms with Gasteiger partial charge in [0, 0.05) is 11.8 Å². The van der Waals surface area contributed by atoms with E-state index in [2.05, 4.69) is 15.5 Å². The van der Waals surface area contributed by atoms with E-state index in [4.69, 9.17) is 4.52 Å². The van der Waals surface area contributed by atoms with E-state index in [0.717, 1.165) is 5.56 Å². The van der Waals surface area contributed by atoms with Crippen molar-refractivity contribution >= 4 is 11.6 Å². The Hall–Kier alpha value is -3.22. The number of carbonyl (C=O) groups excluding carboxylic acids is 1. The summed E-state index contributed by atoms with van der Waals surface area (Å²) in [5.41, 5.74) is 1.86. The minimum atomic E-state index is -0.317. The van der Waals surface area contributed by atoms with Gasteiger partial charge in [-0.2, -0.15) is 4.98 Å². The number of rotatable bonds is 4. The summed E-state index contributed by atoms with van der Waals surface area (Å²) in [5.74, 6) is 0.343. The summed E-state index contributed by atoms with van der Waals surface area (Å²) in [6.07, 6.45) is 0. The minimum absolute atomic E-state index is 0.149. The van der Waals surface area contributed by atoms with Gasteiger partial charge in [0.1, 0.15) is 12.2 Å². The largest absolute Gasteiger partial charge is 0.332 e. The molecule has 1 aromatic carbocycles. The predicted molar refractivity (Wildman–Crippen MR) is 88.5 cm³/mol. The van der Waals surface area contributed by atoms with Crippen LogP contribution in [0.3, 0.4) is 0 Å². The van der Waals surface area contributed by atoms with E-state index in [9.17, 15) is 9.59 Å². The van der Waals surface area contributed by atoms with Gasteiger partial charge >= 0.3 is 0 Å². The third kappa shape index (κ3) is 3.40. The second kappa shape index (κ2) is 6.49. The third-order valence-electron chi connectivity index (χ3n) is 3.43. The molecule has 2 aromatic heterocycles. The number of pyridine rings is 1. The van der Waals surface area contributed by atoms with Crippen LogP contribution in [0, 0.1) is 13.8 Å². The molecule has 0 aliphatic carbocycles. The fourth-order valence-corrected chi connectivity index (χ4v) is 2.25. The highest BCUT2D eigenvalue weighted by molar-refractivity contribution is 5.90. The first-order chi connectivity index (χ1) is 11.5. The molecule has 122 valence electrons. The van der Waals surface area contributed by atoms with Gasteiger partial charge in [-0.3, -0.25) is 14.2 Å². The Morgan fingerprint density at radius 2 is 1.92 bits per heavy atom. The SMILES string of the molecule is Cc1ccc(NC(=O)Cn2c(-c3nc(C)no3)cccc2=O)cc1. The van der Waals surface area contributed by atoms with Crippen molar-refractivity contribution < 1.29 is 9.32 Å². The van der Waals surface area contributed by atoms with Crippen LogP contribution in [0.15, 0.2) is 51.8 Å². The monoisotopic (exact) mass is 324 g/mol. The lowest BCUT2D eigenvalue weighted by Crippen LogP contribution is -2.28. The highest BCUT2D eigenvalue weighted by Gasteiger charge is 2.15. The van der Waals surface area contributed by atoms with Gasteiger partial charge in [-0.25, -0.2) is 0 Å². The zero-order chi connectivity index (χ0) is 17.1. The molecule has 0 aliphatic heterocycles. The van der Waals surface area contributed by atoms with Gasteiger partial charge in [-0.1, -0.05) is 28.9 Å². The van der Waals surface area contributed by atoms with Gasteiger partial charge in [0.2, 0.25) is 5.91 Å². The molecule has 1 amide bonds. The number of benzene rings is 1. The van der Waals surface area contributed by atoms with Crippen molar-refractivity contribution in [1.82, 2.24) is 14.7 Å². The van der Waals surface area contributed by atoms with Crippen molar-refractivity contribution in [3.63, 3.8) is 0 Å². The van der Waals surface area contributed by atoms with E-state index in [1.807, 2.05) is 31.2 Å². The summed E-state index contributed by atoms with van der Waals surface area (Å²) in [6, 6.07) is 12.0. The van der Waals surface area contributed by atoms with E-state index >= 15 is 0 Å². The van der Waals surface area contributed by atoms with Crippen LogP contribution in [0.5, 0.6) is 0 Å². The normalized spacial score (nSPS) is 10.6. The Balaban J connectivity index is 1.85. The molecule has 1 N–H and O–H groups in total. The number of aromatic nitrogens is 3. The molecule has 0 spiro atoms. The summed E-state index contributed by atoms with van der Waals surface area (Å²) >= 11 is 0. The van der Waals surface area contributed by atoms with Crippen molar-refractivity contribution in [1.29, 1.82) is 0 Å². The number of amides is 1. The molecule has 0 aliphatic rings. The minimum Gasteiger partial charge on any atom is -0.332 e. The summed E-state index contributed by atoms with van der Waals surface area (Å²) in [6.45, 7) is 3.50. The van der Waals surface area contributed by atoms with E-state index in [1.54, 1.807) is 19.1 Å². The van der Waals surface area contributed by atoms with Crippen LogP contribution in [0.2, 0.25) is 0 Å². The summed E-state index contributed by atoms with van der Waals surface area (Å²) in [5, 5.41) is 6.48. The average Bonchev–Trinajstić information content (AvgIpc) is 2.98. The van der Waals surface area contributed by atoms with Crippen molar-refractivity contribution in [3.05, 3.63) is 64.2 Å². The topological polar surface area (TPSA) is 90.0 Å². The van der Waals surface area contributed by atoms with E-state index < -0.39 is 0 Å². The van der Waals surface area contributed by atoms with Gasteiger partial charge in [0.25, 0.3) is 11.4 Å². The van der Waals surface area contributed by atoms with Crippen molar-refractivity contribution in [2.24, 2.45) is 0 Å². The maximum Gasteiger partial charge on any atom is 0.274 e. The molecule has 0 unspecified atom stereocenters. The zero-order valence-corrected chi connectivity index (χ0v) is 13.3.